The Bertz CT molecular complexity index is 384. The van der Waals surface area contributed by atoms with E-state index in [4.69, 9.17) is 5.11 Å². The SMILES string of the molecule is CNCCC#Cc1c(F)cc(O)cc1F. The van der Waals surface area contributed by atoms with Gasteiger partial charge in [-0.25, -0.2) is 8.78 Å². The number of hydrogen-bond donors (Lipinski definition) is 2. The highest BCUT2D eigenvalue weighted by molar-refractivity contribution is 5.40. The van der Waals surface area contributed by atoms with Gasteiger partial charge in [-0.1, -0.05) is 11.8 Å². The molecule has 80 valence electrons. The van der Waals surface area contributed by atoms with E-state index in [1.165, 1.54) is 0 Å². The van der Waals surface area contributed by atoms with Crippen molar-refractivity contribution in [3.8, 4) is 17.6 Å². The first-order valence-electron chi connectivity index (χ1n) is 4.46. The normalized spacial score (nSPS) is 9.53. The van der Waals surface area contributed by atoms with Crippen molar-refractivity contribution < 1.29 is 13.9 Å². The standard InChI is InChI=1S/C11H11F2NO/c1-14-5-3-2-4-9-10(12)6-8(15)7-11(9)13/h6-7,14-15H,3,5H2,1H3. The molecule has 1 rings (SSSR count). The van der Waals surface area contributed by atoms with E-state index < -0.39 is 17.4 Å². The Labute approximate surface area is 86.9 Å². The van der Waals surface area contributed by atoms with Gasteiger partial charge in [-0.15, -0.1) is 0 Å². The molecule has 0 bridgehead atoms. The van der Waals surface area contributed by atoms with Crippen LogP contribution in [0.2, 0.25) is 0 Å². The van der Waals surface area contributed by atoms with E-state index >= 15 is 0 Å². The number of benzene rings is 1. The zero-order valence-electron chi connectivity index (χ0n) is 8.27. The Morgan fingerprint density at radius 2 is 1.93 bits per heavy atom. The van der Waals surface area contributed by atoms with Gasteiger partial charge in [-0.05, 0) is 7.05 Å². The lowest BCUT2D eigenvalue weighted by Crippen LogP contribution is -2.06. The number of nitrogens with one attached hydrogen (secondary N) is 1. The van der Waals surface area contributed by atoms with E-state index in [1.807, 2.05) is 0 Å². The van der Waals surface area contributed by atoms with E-state index in [0.717, 1.165) is 12.1 Å². The predicted molar refractivity (Wildman–Crippen MR) is 53.4 cm³/mol. The number of phenols is 1. The second-order valence-electron chi connectivity index (χ2n) is 2.94. The zero-order chi connectivity index (χ0) is 11.3. The topological polar surface area (TPSA) is 32.3 Å². The molecule has 0 aliphatic heterocycles. The summed E-state index contributed by atoms with van der Waals surface area (Å²) >= 11 is 0. The van der Waals surface area contributed by atoms with Gasteiger partial charge in [-0.3, -0.25) is 0 Å². The average Bonchev–Trinajstić information content (AvgIpc) is 2.15. The molecule has 15 heavy (non-hydrogen) atoms. The molecule has 0 saturated heterocycles. The van der Waals surface area contributed by atoms with Crippen LogP contribution in [-0.4, -0.2) is 18.7 Å². The summed E-state index contributed by atoms with van der Waals surface area (Å²) in [6, 6.07) is 1.68. The van der Waals surface area contributed by atoms with Gasteiger partial charge >= 0.3 is 0 Å². The fourth-order valence-electron chi connectivity index (χ4n) is 1.02. The molecule has 2 nitrogen and oxygen atoms in total. The Morgan fingerprint density at radius 3 is 2.47 bits per heavy atom. The maximum Gasteiger partial charge on any atom is 0.145 e. The molecule has 0 fully saturated rings. The highest BCUT2D eigenvalue weighted by Crippen LogP contribution is 2.18. The summed E-state index contributed by atoms with van der Waals surface area (Å²) in [5.74, 6) is 2.90. The van der Waals surface area contributed by atoms with E-state index in [1.54, 1.807) is 7.05 Å². The number of rotatable bonds is 2. The summed E-state index contributed by atoms with van der Waals surface area (Å²) in [7, 11) is 1.77. The second kappa shape index (κ2) is 5.32. The van der Waals surface area contributed by atoms with Crippen molar-refractivity contribution >= 4 is 0 Å². The summed E-state index contributed by atoms with van der Waals surface area (Å²) in [5, 5.41) is 11.8. The van der Waals surface area contributed by atoms with Gasteiger partial charge < -0.3 is 10.4 Å². The molecular formula is C11H11F2NO. The molecular weight excluding hydrogens is 200 g/mol. The lowest BCUT2D eigenvalue weighted by atomic mass is 10.2. The first kappa shape index (κ1) is 11.5. The molecule has 0 atom stereocenters. The van der Waals surface area contributed by atoms with Gasteiger partial charge in [-0.2, -0.15) is 0 Å². The van der Waals surface area contributed by atoms with Crippen LogP contribution in [0.1, 0.15) is 12.0 Å². The number of halogens is 2. The van der Waals surface area contributed by atoms with Crippen molar-refractivity contribution in [2.75, 3.05) is 13.6 Å². The monoisotopic (exact) mass is 211 g/mol. The Hall–Kier alpha value is -1.60. The fourth-order valence-corrected chi connectivity index (χ4v) is 1.02. The minimum Gasteiger partial charge on any atom is -0.508 e. The lowest BCUT2D eigenvalue weighted by Gasteiger charge is -1.98. The van der Waals surface area contributed by atoms with Crippen molar-refractivity contribution in [2.24, 2.45) is 0 Å². The van der Waals surface area contributed by atoms with Crippen molar-refractivity contribution in [3.05, 3.63) is 29.3 Å². The fraction of sp³-hybridized carbons (Fsp3) is 0.273. The maximum atomic E-state index is 13.1. The Kier molecular flexibility index (Phi) is 4.07. The summed E-state index contributed by atoms with van der Waals surface area (Å²) in [4.78, 5) is 0. The third-order valence-electron chi connectivity index (χ3n) is 1.74. The van der Waals surface area contributed by atoms with Crippen LogP contribution in [-0.2, 0) is 0 Å². The molecule has 0 spiro atoms. The van der Waals surface area contributed by atoms with Crippen LogP contribution in [0.5, 0.6) is 5.75 Å². The summed E-state index contributed by atoms with van der Waals surface area (Å²) in [5.41, 5.74) is -0.302. The third-order valence-corrected chi connectivity index (χ3v) is 1.74. The molecule has 2 N–H and O–H groups in total. The minimum absolute atomic E-state index is 0.302. The van der Waals surface area contributed by atoms with Crippen molar-refractivity contribution in [3.63, 3.8) is 0 Å². The van der Waals surface area contributed by atoms with Gasteiger partial charge in [0.1, 0.15) is 17.4 Å². The highest BCUT2D eigenvalue weighted by atomic mass is 19.1. The van der Waals surface area contributed by atoms with Gasteiger partial charge in [0.15, 0.2) is 0 Å². The van der Waals surface area contributed by atoms with E-state index in [9.17, 15) is 8.78 Å². The van der Waals surface area contributed by atoms with Crippen LogP contribution < -0.4 is 5.32 Å². The van der Waals surface area contributed by atoms with Crippen LogP contribution in [0.25, 0.3) is 0 Å². The largest absolute Gasteiger partial charge is 0.508 e. The van der Waals surface area contributed by atoms with Crippen LogP contribution in [0.3, 0.4) is 0 Å². The molecule has 0 aliphatic carbocycles. The van der Waals surface area contributed by atoms with Crippen LogP contribution in [0, 0.1) is 23.5 Å². The molecule has 1 aromatic rings. The number of aromatic hydroxyl groups is 1. The molecule has 4 heteroatoms. The van der Waals surface area contributed by atoms with Crippen molar-refractivity contribution in [2.45, 2.75) is 6.42 Å². The molecule has 0 aliphatic rings. The van der Waals surface area contributed by atoms with E-state index in [2.05, 4.69) is 17.2 Å². The van der Waals surface area contributed by atoms with Crippen molar-refractivity contribution in [1.82, 2.24) is 5.32 Å². The van der Waals surface area contributed by atoms with Gasteiger partial charge in [0, 0.05) is 25.1 Å². The smallest absolute Gasteiger partial charge is 0.145 e. The van der Waals surface area contributed by atoms with Gasteiger partial charge in [0.2, 0.25) is 0 Å². The Morgan fingerprint density at radius 1 is 1.33 bits per heavy atom. The lowest BCUT2D eigenvalue weighted by molar-refractivity contribution is 0.459. The Balaban J connectivity index is 2.88. The third kappa shape index (κ3) is 3.22. The molecule has 0 heterocycles. The van der Waals surface area contributed by atoms with Gasteiger partial charge in [0.25, 0.3) is 0 Å². The van der Waals surface area contributed by atoms with E-state index in [-0.39, 0.29) is 5.56 Å². The maximum absolute atomic E-state index is 13.1. The molecule has 0 radical (unpaired) electrons. The van der Waals surface area contributed by atoms with E-state index in [0.29, 0.717) is 13.0 Å². The van der Waals surface area contributed by atoms with Crippen LogP contribution >= 0.6 is 0 Å². The quantitative estimate of drug-likeness (QED) is 0.575. The minimum atomic E-state index is -0.843. The molecule has 0 aromatic heterocycles. The summed E-state index contributed by atoms with van der Waals surface area (Å²) in [6.07, 6.45) is 0.510. The molecule has 0 amide bonds. The van der Waals surface area contributed by atoms with Crippen molar-refractivity contribution in [1.29, 1.82) is 0 Å². The van der Waals surface area contributed by atoms with Gasteiger partial charge in [0.05, 0.1) is 5.56 Å². The average molecular weight is 211 g/mol. The van der Waals surface area contributed by atoms with Crippen LogP contribution in [0.4, 0.5) is 8.78 Å². The second-order valence-corrected chi connectivity index (χ2v) is 2.94. The molecule has 0 unspecified atom stereocenters. The molecule has 0 saturated carbocycles. The highest BCUT2D eigenvalue weighted by Gasteiger charge is 2.07. The zero-order valence-corrected chi connectivity index (χ0v) is 8.27. The van der Waals surface area contributed by atoms with Crippen LogP contribution in [0.15, 0.2) is 12.1 Å². The summed E-state index contributed by atoms with van der Waals surface area (Å²) in [6.45, 7) is 0.661. The number of hydrogen-bond acceptors (Lipinski definition) is 2. The number of phenolic OH excluding ortho intramolecular Hbond substituents is 1. The summed E-state index contributed by atoms with van der Waals surface area (Å²) < 4.78 is 26.2. The first-order valence-corrected chi connectivity index (χ1v) is 4.46. The predicted octanol–water partition coefficient (Wildman–Crippen LogP) is 1.63. The first-order chi connectivity index (χ1) is 7.15. The molecule has 1 aromatic carbocycles.